The monoisotopic (exact) mass is 421 g/mol. The third kappa shape index (κ3) is 5.31. The molecule has 7 heteroatoms. The lowest BCUT2D eigenvalue weighted by Crippen LogP contribution is -2.45. The molecule has 0 aliphatic carbocycles. The zero-order valence-electron chi connectivity index (χ0n) is 17.5. The Labute approximate surface area is 181 Å². The second-order valence-electron chi connectivity index (χ2n) is 7.73. The van der Waals surface area contributed by atoms with E-state index in [2.05, 4.69) is 15.2 Å². The number of pyridine rings is 1. The number of aliphatic hydroxyl groups excluding tert-OH is 1. The summed E-state index contributed by atoms with van der Waals surface area (Å²) < 4.78 is 10.5. The fourth-order valence-electron chi connectivity index (χ4n) is 3.96. The lowest BCUT2D eigenvalue weighted by atomic mass is 10.0. The number of hydrogen-bond donors (Lipinski definition) is 2. The molecule has 1 fully saturated rings. The Balaban J connectivity index is 1.31. The summed E-state index contributed by atoms with van der Waals surface area (Å²) in [5.41, 5.74) is 1.68. The molecular weight excluding hydrogens is 394 g/mol. The molecule has 1 saturated heterocycles. The average molecular weight is 421 g/mol. The first kappa shape index (κ1) is 21.1. The number of aliphatic hydroxyl groups is 1. The van der Waals surface area contributed by atoms with Crippen molar-refractivity contribution >= 4 is 22.9 Å². The van der Waals surface area contributed by atoms with Crippen LogP contribution in [0.2, 0.25) is 0 Å². The molecule has 2 aromatic heterocycles. The van der Waals surface area contributed by atoms with Crippen LogP contribution in [0.3, 0.4) is 0 Å². The molecule has 3 heterocycles. The smallest absolute Gasteiger partial charge is 0.244 e. The Morgan fingerprint density at radius 1 is 1.35 bits per heavy atom. The summed E-state index contributed by atoms with van der Waals surface area (Å²) in [7, 11) is 1.63. The summed E-state index contributed by atoms with van der Waals surface area (Å²) in [6, 6.07) is 11.3. The van der Waals surface area contributed by atoms with Crippen molar-refractivity contribution in [2.75, 3.05) is 26.7 Å². The van der Waals surface area contributed by atoms with E-state index in [1.807, 2.05) is 24.3 Å². The Morgan fingerprint density at radius 2 is 2.19 bits per heavy atom. The van der Waals surface area contributed by atoms with Gasteiger partial charge in [0.25, 0.3) is 0 Å². The third-order valence-corrected chi connectivity index (χ3v) is 5.65. The summed E-state index contributed by atoms with van der Waals surface area (Å²) in [6.45, 7) is 2.17. The number of aromatic nitrogens is 1. The molecule has 1 unspecified atom stereocenters. The fraction of sp³-hybridized carbons (Fsp3) is 0.333. The summed E-state index contributed by atoms with van der Waals surface area (Å²) in [6.07, 6.45) is 7.53. The van der Waals surface area contributed by atoms with Gasteiger partial charge >= 0.3 is 0 Å². The van der Waals surface area contributed by atoms with Gasteiger partial charge < -0.3 is 24.5 Å². The number of benzene rings is 1. The number of likely N-dealkylation sites (tertiary alicyclic amines) is 1. The van der Waals surface area contributed by atoms with Crippen LogP contribution >= 0.6 is 0 Å². The van der Waals surface area contributed by atoms with Crippen LogP contribution in [0.4, 0.5) is 0 Å². The molecule has 7 nitrogen and oxygen atoms in total. The predicted octanol–water partition coefficient (Wildman–Crippen LogP) is 3.16. The number of fused-ring (bicyclic) bond motifs is 1. The van der Waals surface area contributed by atoms with Crippen LogP contribution < -0.4 is 10.1 Å². The molecule has 2 N–H and O–H groups in total. The van der Waals surface area contributed by atoms with Crippen molar-refractivity contribution in [3.8, 4) is 5.75 Å². The largest absolute Gasteiger partial charge is 0.497 e. The first-order valence-electron chi connectivity index (χ1n) is 10.5. The van der Waals surface area contributed by atoms with E-state index < -0.39 is 6.10 Å². The van der Waals surface area contributed by atoms with Gasteiger partial charge in [0.1, 0.15) is 11.5 Å². The SMILES string of the molecule is COc1ccc2nccc(C(O)CN3CCC(NC(=O)C=Cc4ccco4)CC3)c2c1. The zero-order valence-corrected chi connectivity index (χ0v) is 17.5. The second kappa shape index (κ2) is 9.76. The molecule has 4 rings (SSSR count). The van der Waals surface area contributed by atoms with E-state index >= 15 is 0 Å². The van der Waals surface area contributed by atoms with E-state index in [9.17, 15) is 9.90 Å². The molecule has 0 spiro atoms. The highest BCUT2D eigenvalue weighted by atomic mass is 16.5. The Kier molecular flexibility index (Phi) is 6.64. The minimum atomic E-state index is -0.625. The van der Waals surface area contributed by atoms with Gasteiger partial charge in [-0.15, -0.1) is 0 Å². The van der Waals surface area contributed by atoms with Gasteiger partial charge in [-0.25, -0.2) is 0 Å². The van der Waals surface area contributed by atoms with E-state index in [1.165, 1.54) is 6.08 Å². The molecule has 0 radical (unpaired) electrons. The van der Waals surface area contributed by atoms with Crippen molar-refractivity contribution in [2.24, 2.45) is 0 Å². The molecule has 1 aliphatic rings. The molecule has 1 aromatic carbocycles. The van der Waals surface area contributed by atoms with Crippen molar-refractivity contribution in [3.63, 3.8) is 0 Å². The molecule has 1 amide bonds. The number of carbonyl (C=O) groups is 1. The Hall–Kier alpha value is -3.16. The maximum atomic E-state index is 12.1. The fourth-order valence-corrected chi connectivity index (χ4v) is 3.96. The molecule has 1 atom stereocenters. The van der Waals surface area contributed by atoms with Crippen LogP contribution in [0.1, 0.15) is 30.3 Å². The molecule has 31 heavy (non-hydrogen) atoms. The number of nitrogens with zero attached hydrogens (tertiary/aromatic N) is 2. The zero-order chi connectivity index (χ0) is 21.6. The third-order valence-electron chi connectivity index (χ3n) is 5.65. The lowest BCUT2D eigenvalue weighted by molar-refractivity contribution is -0.117. The van der Waals surface area contributed by atoms with Crippen LogP contribution in [-0.2, 0) is 4.79 Å². The van der Waals surface area contributed by atoms with Crippen LogP contribution in [-0.4, -0.2) is 53.7 Å². The number of carbonyl (C=O) groups excluding carboxylic acids is 1. The quantitative estimate of drug-likeness (QED) is 0.570. The topological polar surface area (TPSA) is 87.8 Å². The number of piperidine rings is 1. The molecule has 0 bridgehead atoms. The second-order valence-corrected chi connectivity index (χ2v) is 7.73. The van der Waals surface area contributed by atoms with Gasteiger partial charge in [0.05, 0.1) is 25.0 Å². The standard InChI is InChI=1S/C24H27N3O4/c1-30-19-4-6-22-21(15-19)20(8-11-25-22)23(28)16-27-12-9-17(10-13-27)26-24(29)7-5-18-3-2-14-31-18/h2-8,11,14-15,17,23,28H,9-10,12-13,16H2,1H3,(H,26,29). The van der Waals surface area contributed by atoms with Crippen LogP contribution in [0.15, 0.2) is 59.4 Å². The first-order chi connectivity index (χ1) is 15.1. The molecule has 1 aliphatic heterocycles. The summed E-state index contributed by atoms with van der Waals surface area (Å²) in [5.74, 6) is 1.28. The Morgan fingerprint density at radius 3 is 2.94 bits per heavy atom. The number of ether oxygens (including phenoxy) is 1. The summed E-state index contributed by atoms with van der Waals surface area (Å²) >= 11 is 0. The van der Waals surface area contributed by atoms with E-state index in [-0.39, 0.29) is 11.9 Å². The van der Waals surface area contributed by atoms with E-state index in [0.717, 1.165) is 48.1 Å². The van der Waals surface area contributed by atoms with Crippen LogP contribution in [0.25, 0.3) is 17.0 Å². The van der Waals surface area contributed by atoms with Crippen molar-refractivity contribution in [1.82, 2.24) is 15.2 Å². The molecular formula is C24H27N3O4. The number of hydrogen-bond acceptors (Lipinski definition) is 6. The van der Waals surface area contributed by atoms with Crippen molar-refractivity contribution in [1.29, 1.82) is 0 Å². The normalized spacial score (nSPS) is 16.6. The molecule has 3 aromatic rings. The maximum absolute atomic E-state index is 12.1. The van der Waals surface area contributed by atoms with Crippen LogP contribution in [0, 0.1) is 0 Å². The Bertz CT molecular complexity index is 1040. The van der Waals surface area contributed by atoms with Crippen LogP contribution in [0.5, 0.6) is 5.75 Å². The maximum Gasteiger partial charge on any atom is 0.244 e. The number of methoxy groups -OCH3 is 1. The van der Waals surface area contributed by atoms with Gasteiger partial charge in [0, 0.05) is 43.3 Å². The number of rotatable bonds is 7. The van der Waals surface area contributed by atoms with Crippen molar-refractivity contribution in [2.45, 2.75) is 25.0 Å². The van der Waals surface area contributed by atoms with E-state index in [0.29, 0.717) is 12.3 Å². The highest BCUT2D eigenvalue weighted by Gasteiger charge is 2.23. The minimum Gasteiger partial charge on any atom is -0.497 e. The van der Waals surface area contributed by atoms with Crippen molar-refractivity contribution < 1.29 is 19.1 Å². The van der Waals surface area contributed by atoms with Gasteiger partial charge in [0.15, 0.2) is 0 Å². The van der Waals surface area contributed by atoms with E-state index in [1.54, 1.807) is 37.8 Å². The minimum absolute atomic E-state index is 0.118. The van der Waals surface area contributed by atoms with Gasteiger partial charge in [-0.3, -0.25) is 9.78 Å². The number of amides is 1. The van der Waals surface area contributed by atoms with Gasteiger partial charge in [-0.2, -0.15) is 0 Å². The number of β-amino-alcohol motifs (C(OH)–C–C–N with tert-alkyl or cyclic N) is 1. The molecule has 162 valence electrons. The number of furan rings is 1. The summed E-state index contributed by atoms with van der Waals surface area (Å²) in [5, 5.41) is 14.9. The highest BCUT2D eigenvalue weighted by Crippen LogP contribution is 2.27. The molecule has 0 saturated carbocycles. The number of nitrogens with one attached hydrogen (secondary N) is 1. The lowest BCUT2D eigenvalue weighted by Gasteiger charge is -2.33. The summed E-state index contributed by atoms with van der Waals surface area (Å²) in [4.78, 5) is 18.7. The predicted molar refractivity (Wildman–Crippen MR) is 119 cm³/mol. The first-order valence-corrected chi connectivity index (χ1v) is 10.5. The van der Waals surface area contributed by atoms with Gasteiger partial charge in [-0.05, 0) is 60.9 Å². The van der Waals surface area contributed by atoms with Gasteiger partial charge in [-0.1, -0.05) is 0 Å². The van der Waals surface area contributed by atoms with E-state index in [4.69, 9.17) is 9.15 Å². The van der Waals surface area contributed by atoms with Gasteiger partial charge in [0.2, 0.25) is 5.91 Å². The highest BCUT2D eigenvalue weighted by molar-refractivity contribution is 5.91. The average Bonchev–Trinajstić information content (AvgIpc) is 3.32. The van der Waals surface area contributed by atoms with Crippen molar-refractivity contribution in [3.05, 3.63) is 66.3 Å².